The van der Waals surface area contributed by atoms with Crippen molar-refractivity contribution < 1.29 is 57.4 Å². The summed E-state index contributed by atoms with van der Waals surface area (Å²) in [6.45, 7) is 12.7. The van der Waals surface area contributed by atoms with E-state index in [0.717, 1.165) is 0 Å². The third-order valence-electron chi connectivity index (χ3n) is 14.0. The molecule has 7 aliphatic rings. The summed E-state index contributed by atoms with van der Waals surface area (Å²) in [5, 5.41) is 26.8. The van der Waals surface area contributed by atoms with E-state index in [1.165, 1.54) is 25.7 Å². The average Bonchev–Trinajstić information content (AvgIpc) is 3.83. The van der Waals surface area contributed by atoms with Crippen LogP contribution in [0.25, 0.3) is 0 Å². The first kappa shape index (κ1) is 32.2. The number of rotatable bonds is 6. The minimum atomic E-state index is -2.28. The molecule has 3 aliphatic heterocycles. The van der Waals surface area contributed by atoms with Gasteiger partial charge in [-0.3, -0.25) is 4.79 Å². The second kappa shape index (κ2) is 9.19. The summed E-state index contributed by atoms with van der Waals surface area (Å²) in [6.07, 6.45) is 3.14. The molecule has 0 amide bonds. The first-order valence-electron chi connectivity index (χ1n) is 16.8. The molecular weight excluding hydrogens is 624 g/mol. The maximum absolute atomic E-state index is 13.6. The van der Waals surface area contributed by atoms with Crippen LogP contribution < -0.4 is 0 Å². The number of aliphatic hydroxyl groups is 2. The second-order valence-electron chi connectivity index (χ2n) is 16.0. The summed E-state index contributed by atoms with van der Waals surface area (Å²) < 4.78 is 44.0. The molecule has 0 aromatic carbocycles. The minimum absolute atomic E-state index is 0.0206. The van der Waals surface area contributed by atoms with Gasteiger partial charge in [0, 0.05) is 45.8 Å². The average molecular weight is 669 g/mol. The van der Waals surface area contributed by atoms with Crippen molar-refractivity contribution in [2.24, 2.45) is 28.1 Å². The third-order valence-corrected chi connectivity index (χ3v) is 14.0. The smallest absolute Gasteiger partial charge is 0.333 e. The van der Waals surface area contributed by atoms with Gasteiger partial charge in [-0.25, -0.2) is 9.59 Å². The molecule has 260 valence electrons. The van der Waals surface area contributed by atoms with Crippen molar-refractivity contribution in [3.63, 3.8) is 0 Å². The molecule has 4 saturated carbocycles. The molecule has 2 saturated heterocycles. The molecule has 4 heterocycles. The standard InChI is InChI=1S/C36H44O12/c1-9-19(4)26(39)45-27-30(6)17-32(40)31(7,21(30)14-23(37)42-8)33-12-11-29(5)22(15-24(38)44-25(29)20-10-13-43-16-20)35(33)28(34(27,32)41)46-36(47-33,48-35)18(2)3/h9-10,13,15-16,18,21,25,27-28,40-41H,11-12,14,17H2,1-8H3/b19-9+/t21-,25-,27-,28+,29+,30+,31+,32+,33?,34?,35?,36?/m0/s1. The Hall–Kier alpha value is -3.03. The van der Waals surface area contributed by atoms with Gasteiger partial charge in [0.25, 0.3) is 5.97 Å². The number of carbonyl (C=O) groups is 3. The lowest BCUT2D eigenvalue weighted by molar-refractivity contribution is -0.454. The Bertz CT molecular complexity index is 1700. The number of allylic oxidation sites excluding steroid dienone is 1. The van der Waals surface area contributed by atoms with Gasteiger partial charge in [-0.15, -0.1) is 0 Å². The summed E-state index contributed by atoms with van der Waals surface area (Å²) in [4.78, 5) is 40.5. The van der Waals surface area contributed by atoms with Gasteiger partial charge in [0.05, 0.1) is 19.6 Å². The molecule has 4 unspecified atom stereocenters. The van der Waals surface area contributed by atoms with Crippen LogP contribution in [0.2, 0.25) is 0 Å². The topological polar surface area (TPSA) is 160 Å². The van der Waals surface area contributed by atoms with Crippen molar-refractivity contribution in [2.75, 3.05) is 7.11 Å². The SMILES string of the molecule is C/C=C(\C)C(=O)O[C@@H]1C2(O)[C@H]3OC4(C(C)C)OC35C3=CC(=O)O[C@@H](c6ccoc6)[C@]3(C)CCC5(O4)[C@]3(C)[C@@H](CC(=O)OC)[C@@]1(C)C[C@]23O. The number of cyclic esters (lactones) is 1. The summed E-state index contributed by atoms with van der Waals surface area (Å²) in [7, 11) is 1.30. The molecule has 12 heteroatoms. The lowest BCUT2D eigenvalue weighted by atomic mass is 9.35. The Balaban J connectivity index is 1.44. The molecule has 1 aromatic rings. The molecule has 1 spiro atoms. The summed E-state index contributed by atoms with van der Waals surface area (Å²) in [6, 6.07) is 1.75. The van der Waals surface area contributed by atoms with Crippen LogP contribution in [0.1, 0.15) is 85.8 Å². The van der Waals surface area contributed by atoms with Gasteiger partial charge < -0.3 is 43.1 Å². The molecule has 0 radical (unpaired) electrons. The number of furan rings is 1. The second-order valence-corrected chi connectivity index (χ2v) is 16.0. The van der Waals surface area contributed by atoms with Crippen LogP contribution in [0, 0.1) is 28.1 Å². The highest BCUT2D eigenvalue weighted by Gasteiger charge is 3.02. The number of fused-ring (bicyclic) bond motifs is 4. The van der Waals surface area contributed by atoms with Gasteiger partial charge in [-0.05, 0) is 50.7 Å². The van der Waals surface area contributed by atoms with E-state index in [4.69, 9.17) is 32.8 Å². The first-order valence-corrected chi connectivity index (χ1v) is 16.8. The zero-order valence-corrected chi connectivity index (χ0v) is 28.6. The van der Waals surface area contributed by atoms with Crippen molar-refractivity contribution >= 4 is 17.9 Å². The van der Waals surface area contributed by atoms with Gasteiger partial charge in [-0.2, -0.15) is 0 Å². The maximum atomic E-state index is 13.6. The predicted octanol–water partition coefficient (Wildman–Crippen LogP) is 3.80. The Labute approximate surface area is 278 Å². The van der Waals surface area contributed by atoms with E-state index in [2.05, 4.69) is 0 Å². The van der Waals surface area contributed by atoms with E-state index >= 15 is 0 Å². The summed E-state index contributed by atoms with van der Waals surface area (Å²) in [5.74, 6) is -4.68. The van der Waals surface area contributed by atoms with Crippen LogP contribution in [0.15, 0.2) is 46.3 Å². The Morgan fingerprint density at radius 3 is 2.50 bits per heavy atom. The minimum Gasteiger partial charge on any atom is -0.472 e. The molecule has 6 fully saturated rings. The number of ether oxygens (including phenoxy) is 6. The largest absolute Gasteiger partial charge is 0.472 e. The van der Waals surface area contributed by atoms with Gasteiger partial charge in [0.15, 0.2) is 11.2 Å². The van der Waals surface area contributed by atoms with Gasteiger partial charge in [0.2, 0.25) is 0 Å². The fourth-order valence-corrected chi connectivity index (χ4v) is 11.7. The zero-order chi connectivity index (χ0) is 34.7. The van der Waals surface area contributed by atoms with E-state index in [9.17, 15) is 24.6 Å². The Kier molecular flexibility index (Phi) is 6.17. The van der Waals surface area contributed by atoms with Crippen molar-refractivity contribution in [1.29, 1.82) is 0 Å². The summed E-state index contributed by atoms with van der Waals surface area (Å²) >= 11 is 0. The number of carbonyl (C=O) groups excluding carboxylic acids is 3. The Morgan fingerprint density at radius 1 is 1.15 bits per heavy atom. The molecule has 1 aromatic heterocycles. The van der Waals surface area contributed by atoms with Crippen molar-refractivity contribution in [3.8, 4) is 0 Å². The normalized spacial score (nSPS) is 50.9. The van der Waals surface area contributed by atoms with Crippen LogP contribution in [0.5, 0.6) is 0 Å². The number of hydrogen-bond donors (Lipinski definition) is 2. The molecule has 4 aliphatic carbocycles. The lowest BCUT2D eigenvalue weighted by Gasteiger charge is -2.75. The molecule has 12 nitrogen and oxygen atoms in total. The molecule has 4 bridgehead atoms. The van der Waals surface area contributed by atoms with Crippen LogP contribution in [0.4, 0.5) is 0 Å². The van der Waals surface area contributed by atoms with E-state index in [1.807, 2.05) is 34.6 Å². The van der Waals surface area contributed by atoms with E-state index in [0.29, 0.717) is 29.6 Å². The highest BCUT2D eigenvalue weighted by atomic mass is 17.0. The first-order chi connectivity index (χ1) is 22.4. The van der Waals surface area contributed by atoms with Gasteiger partial charge in [-0.1, -0.05) is 40.7 Å². The van der Waals surface area contributed by atoms with E-state index in [-0.39, 0.29) is 12.8 Å². The fourth-order valence-electron chi connectivity index (χ4n) is 11.7. The van der Waals surface area contributed by atoms with Crippen LogP contribution in [-0.4, -0.2) is 75.8 Å². The number of hydrogen-bond acceptors (Lipinski definition) is 12. The molecule has 2 N–H and O–H groups in total. The monoisotopic (exact) mass is 668 g/mol. The summed E-state index contributed by atoms with van der Waals surface area (Å²) in [5.41, 5.74) is -9.36. The maximum Gasteiger partial charge on any atom is 0.333 e. The van der Waals surface area contributed by atoms with E-state index < -0.39 is 92.7 Å². The Morgan fingerprint density at radius 2 is 1.88 bits per heavy atom. The lowest BCUT2D eigenvalue weighted by Crippen LogP contribution is -2.92. The van der Waals surface area contributed by atoms with Crippen molar-refractivity contribution in [1.82, 2.24) is 0 Å². The highest BCUT2D eigenvalue weighted by Crippen LogP contribution is 2.88. The molecule has 12 atom stereocenters. The van der Waals surface area contributed by atoms with E-state index in [1.54, 1.807) is 26.0 Å². The molecular formula is C36H44O12. The predicted molar refractivity (Wildman–Crippen MR) is 163 cm³/mol. The van der Waals surface area contributed by atoms with Crippen LogP contribution in [-0.2, 0) is 42.8 Å². The zero-order valence-electron chi connectivity index (χ0n) is 28.6. The molecule has 48 heavy (non-hydrogen) atoms. The molecule has 8 rings (SSSR count). The highest BCUT2D eigenvalue weighted by molar-refractivity contribution is 5.88. The third kappa shape index (κ3) is 3.03. The number of methoxy groups -OCH3 is 1. The number of esters is 3. The van der Waals surface area contributed by atoms with Gasteiger partial charge in [0.1, 0.15) is 29.5 Å². The fraction of sp³-hybridized carbons (Fsp3) is 0.694. The van der Waals surface area contributed by atoms with Crippen LogP contribution >= 0.6 is 0 Å². The van der Waals surface area contributed by atoms with Crippen molar-refractivity contribution in [3.05, 3.63) is 47.5 Å². The quantitative estimate of drug-likeness (QED) is 0.257. The van der Waals surface area contributed by atoms with Gasteiger partial charge >= 0.3 is 17.9 Å². The van der Waals surface area contributed by atoms with Crippen LogP contribution in [0.3, 0.4) is 0 Å². The van der Waals surface area contributed by atoms with Crippen molar-refractivity contribution in [2.45, 2.75) is 121 Å².